The molecule has 0 saturated carbocycles. The van der Waals surface area contributed by atoms with Gasteiger partial charge in [0.2, 0.25) is 0 Å². The molecule has 0 amide bonds. The normalized spacial score (nSPS) is 13.6. The number of hydrogen-bond donors (Lipinski definition) is 1. The molecule has 0 atom stereocenters. The van der Waals surface area contributed by atoms with E-state index in [1.807, 2.05) is 133 Å². The van der Waals surface area contributed by atoms with Crippen molar-refractivity contribution >= 4 is 51.2 Å². The molecule has 0 radical (unpaired) electrons. The van der Waals surface area contributed by atoms with E-state index in [0.29, 0.717) is 33.6 Å². The highest BCUT2D eigenvalue weighted by molar-refractivity contribution is 7.48. The fraction of sp³-hybridized carbons (Fsp3) is 0. The van der Waals surface area contributed by atoms with E-state index in [9.17, 15) is 9.46 Å². The van der Waals surface area contributed by atoms with Crippen LogP contribution in [0.1, 0.15) is 0 Å². The molecule has 9 rings (SSSR count). The van der Waals surface area contributed by atoms with Gasteiger partial charge in [-0.25, -0.2) is 14.5 Å². The van der Waals surface area contributed by atoms with E-state index in [-0.39, 0.29) is 11.5 Å². The molecule has 0 aliphatic carbocycles. The third-order valence-corrected chi connectivity index (χ3v) is 9.24. The summed E-state index contributed by atoms with van der Waals surface area (Å²) in [5, 5.41) is 5.57. The molecule has 1 N–H and O–H groups in total. The number of nitrogens with zero attached hydrogens (tertiary/aromatic N) is 2. The van der Waals surface area contributed by atoms with Crippen LogP contribution in [0.5, 0.6) is 11.5 Å². The Morgan fingerprint density at radius 1 is 0.489 bits per heavy atom. The lowest BCUT2D eigenvalue weighted by Gasteiger charge is -2.18. The lowest BCUT2D eigenvalue weighted by atomic mass is 9.87. The highest BCUT2D eigenvalue weighted by Crippen LogP contribution is 2.61. The Kier molecular flexibility index (Phi) is 5.60. The second kappa shape index (κ2) is 9.73. The number of hydrogen-bond acceptors (Lipinski definition) is 5. The van der Waals surface area contributed by atoms with E-state index in [2.05, 4.69) is 0 Å². The molecular weight excluding hydrogens is 579 g/mol. The van der Waals surface area contributed by atoms with Crippen LogP contribution in [0, 0.1) is 0 Å². The lowest BCUT2D eigenvalue weighted by molar-refractivity contribution is 0.295. The zero-order valence-corrected chi connectivity index (χ0v) is 24.6. The van der Waals surface area contributed by atoms with Gasteiger partial charge >= 0.3 is 7.82 Å². The van der Waals surface area contributed by atoms with Crippen molar-refractivity contribution in [1.82, 2.24) is 9.97 Å². The fourth-order valence-corrected chi connectivity index (χ4v) is 7.28. The standard InChI is InChI=1S/C38H23N2O4P/c41-45(42)43-37-29(33-19-17-23-9-3-7-15-31(23)39-33)21-25-11-1-5-13-27(25)35(37)36-28-14-6-2-12-26(28)22-30(38(36)44-45)34-20-18-24-10-4-8-16-32(24)40-34/h1-22H,(H,41,42). The van der Waals surface area contributed by atoms with Crippen molar-refractivity contribution < 1.29 is 18.5 Å². The van der Waals surface area contributed by atoms with Crippen LogP contribution in [0.3, 0.4) is 0 Å². The smallest absolute Gasteiger partial charge is 0.394 e. The number of benzene rings is 6. The molecule has 0 saturated heterocycles. The topological polar surface area (TPSA) is 81.5 Å². The van der Waals surface area contributed by atoms with E-state index < -0.39 is 7.82 Å². The summed E-state index contributed by atoms with van der Waals surface area (Å²) >= 11 is 0. The van der Waals surface area contributed by atoms with Crippen molar-refractivity contribution in [2.24, 2.45) is 0 Å². The van der Waals surface area contributed by atoms with Crippen molar-refractivity contribution in [3.05, 3.63) is 133 Å². The minimum atomic E-state index is -4.70. The largest absolute Gasteiger partial charge is 0.584 e. The van der Waals surface area contributed by atoms with Gasteiger partial charge in [-0.3, -0.25) is 4.89 Å². The molecule has 0 bridgehead atoms. The number of phosphoric acid groups is 1. The molecule has 1 aliphatic heterocycles. The maximum absolute atomic E-state index is 13.9. The van der Waals surface area contributed by atoms with Crippen molar-refractivity contribution in [3.8, 4) is 45.1 Å². The van der Waals surface area contributed by atoms with Gasteiger partial charge in [-0.1, -0.05) is 97.1 Å². The van der Waals surface area contributed by atoms with Crippen molar-refractivity contribution in [2.75, 3.05) is 0 Å². The van der Waals surface area contributed by atoms with Crippen LogP contribution in [0.15, 0.2) is 133 Å². The lowest BCUT2D eigenvalue weighted by Crippen LogP contribution is -2.00. The molecular formula is C38H23N2O4P. The molecule has 0 fully saturated rings. The van der Waals surface area contributed by atoms with E-state index in [1.165, 1.54) is 0 Å². The summed E-state index contributed by atoms with van der Waals surface area (Å²) in [4.78, 5) is 21.2. The predicted octanol–water partition coefficient (Wildman–Crippen LogP) is 9.96. The van der Waals surface area contributed by atoms with E-state index in [0.717, 1.165) is 43.4 Å². The Balaban J connectivity index is 1.44. The molecule has 8 aromatic rings. The maximum Gasteiger partial charge on any atom is 0.584 e. The first-order chi connectivity index (χ1) is 22.0. The number of para-hydroxylation sites is 2. The van der Waals surface area contributed by atoms with Crippen LogP contribution in [0.2, 0.25) is 0 Å². The molecule has 3 heterocycles. The van der Waals surface area contributed by atoms with Crippen molar-refractivity contribution in [3.63, 3.8) is 0 Å². The van der Waals surface area contributed by atoms with Gasteiger partial charge in [0.25, 0.3) is 0 Å². The number of pyridine rings is 2. The first kappa shape index (κ1) is 25.9. The molecule has 0 spiro atoms. The first-order valence-corrected chi connectivity index (χ1v) is 16.1. The quantitative estimate of drug-likeness (QED) is 0.198. The second-order valence-electron chi connectivity index (χ2n) is 11.1. The van der Waals surface area contributed by atoms with Gasteiger partial charge < -0.3 is 9.05 Å². The molecule has 7 heteroatoms. The molecule has 6 nitrogen and oxygen atoms in total. The Morgan fingerprint density at radius 2 is 0.889 bits per heavy atom. The van der Waals surface area contributed by atoms with Crippen LogP contribution >= 0.6 is 7.82 Å². The Labute approximate surface area is 257 Å². The highest BCUT2D eigenvalue weighted by Gasteiger charge is 2.38. The summed E-state index contributed by atoms with van der Waals surface area (Å²) in [6, 6.07) is 43.4. The monoisotopic (exact) mass is 602 g/mol. The summed E-state index contributed by atoms with van der Waals surface area (Å²) in [5.74, 6) is 0.490. The highest BCUT2D eigenvalue weighted by atomic mass is 31.2. The summed E-state index contributed by atoms with van der Waals surface area (Å²) in [5.41, 5.74) is 5.38. The first-order valence-electron chi connectivity index (χ1n) is 14.6. The maximum atomic E-state index is 13.9. The zero-order chi connectivity index (χ0) is 30.1. The van der Waals surface area contributed by atoms with Crippen molar-refractivity contribution in [2.45, 2.75) is 0 Å². The zero-order valence-electron chi connectivity index (χ0n) is 23.7. The minimum absolute atomic E-state index is 0.245. The van der Waals surface area contributed by atoms with Gasteiger partial charge in [-0.15, -0.1) is 0 Å². The van der Waals surface area contributed by atoms with Gasteiger partial charge in [0.05, 0.1) is 22.4 Å². The Bertz CT molecular complexity index is 2390. The minimum Gasteiger partial charge on any atom is -0.394 e. The fourth-order valence-electron chi connectivity index (χ4n) is 6.41. The molecule has 1 aliphatic rings. The van der Waals surface area contributed by atoms with Gasteiger partial charge in [0, 0.05) is 33.0 Å². The average Bonchev–Trinajstić information content (AvgIpc) is 3.20. The summed E-state index contributed by atoms with van der Waals surface area (Å²) in [7, 11) is -4.70. The molecule has 214 valence electrons. The summed E-state index contributed by atoms with van der Waals surface area (Å²) in [6.07, 6.45) is 0. The van der Waals surface area contributed by atoms with Gasteiger partial charge in [-0.05, 0) is 57.9 Å². The Morgan fingerprint density at radius 3 is 1.36 bits per heavy atom. The molecule has 6 aromatic carbocycles. The number of aromatic nitrogens is 2. The van der Waals surface area contributed by atoms with Crippen LogP contribution in [0.25, 0.3) is 77.0 Å². The summed E-state index contributed by atoms with van der Waals surface area (Å²) < 4.78 is 26.1. The third-order valence-electron chi connectivity index (χ3n) is 8.42. The Hall–Kier alpha value is -5.55. The molecule has 45 heavy (non-hydrogen) atoms. The number of phosphoric ester groups is 1. The average molecular weight is 603 g/mol. The number of fused-ring (bicyclic) bond motifs is 9. The van der Waals surface area contributed by atoms with E-state index >= 15 is 0 Å². The van der Waals surface area contributed by atoms with E-state index in [4.69, 9.17) is 19.0 Å². The van der Waals surface area contributed by atoms with Crippen LogP contribution in [0.4, 0.5) is 0 Å². The van der Waals surface area contributed by atoms with Gasteiger partial charge in [-0.2, -0.15) is 0 Å². The second-order valence-corrected chi connectivity index (χ2v) is 12.4. The predicted molar refractivity (Wildman–Crippen MR) is 179 cm³/mol. The molecule has 0 unspecified atom stereocenters. The van der Waals surface area contributed by atoms with E-state index in [1.54, 1.807) is 0 Å². The number of rotatable bonds is 2. The van der Waals surface area contributed by atoms with Crippen LogP contribution < -0.4 is 9.05 Å². The SMILES string of the molecule is O=P1(O)Oc2c(-c3ccc4ccccc4n3)cc3ccccc3c2-c2c(c(-c3ccc4ccccc4n3)cc3ccccc23)O1. The van der Waals surface area contributed by atoms with Crippen molar-refractivity contribution in [1.29, 1.82) is 0 Å². The molecule has 2 aromatic heterocycles. The third kappa shape index (κ3) is 4.19. The van der Waals surface area contributed by atoms with Gasteiger partial charge in [0.15, 0.2) is 11.5 Å². The van der Waals surface area contributed by atoms with Gasteiger partial charge in [0.1, 0.15) is 0 Å². The van der Waals surface area contributed by atoms with Crippen LogP contribution in [-0.2, 0) is 4.57 Å². The summed E-state index contributed by atoms with van der Waals surface area (Å²) in [6.45, 7) is 0. The van der Waals surface area contributed by atoms with Crippen LogP contribution in [-0.4, -0.2) is 14.9 Å².